The van der Waals surface area contributed by atoms with E-state index in [-0.39, 0.29) is 5.75 Å². The van der Waals surface area contributed by atoms with Crippen LogP contribution in [0.15, 0.2) is 24.4 Å². The maximum absolute atomic E-state index is 9.34. The van der Waals surface area contributed by atoms with Crippen LogP contribution in [0.4, 0.5) is 0 Å². The average Bonchev–Trinajstić information content (AvgIpc) is 2.48. The fraction of sp³-hybridized carbons (Fsp3) is 0.111. The summed E-state index contributed by atoms with van der Waals surface area (Å²) in [4.78, 5) is 2.93. The SMILES string of the molecule is COc1cccc2c(O)c[nH]c12. The van der Waals surface area contributed by atoms with Gasteiger partial charge >= 0.3 is 0 Å². The molecule has 2 aromatic rings. The van der Waals surface area contributed by atoms with E-state index in [1.54, 1.807) is 13.3 Å². The molecule has 3 heteroatoms. The van der Waals surface area contributed by atoms with Gasteiger partial charge in [-0.05, 0) is 12.1 Å². The van der Waals surface area contributed by atoms with Crippen molar-refractivity contribution in [1.82, 2.24) is 4.98 Å². The van der Waals surface area contributed by atoms with Crippen LogP contribution in [0, 0.1) is 0 Å². The van der Waals surface area contributed by atoms with Crippen molar-refractivity contribution in [2.45, 2.75) is 0 Å². The summed E-state index contributed by atoms with van der Waals surface area (Å²) in [5.41, 5.74) is 0.831. The highest BCUT2D eigenvalue weighted by Gasteiger charge is 2.05. The van der Waals surface area contributed by atoms with E-state index in [2.05, 4.69) is 4.98 Å². The van der Waals surface area contributed by atoms with Gasteiger partial charge in [0.2, 0.25) is 0 Å². The smallest absolute Gasteiger partial charge is 0.143 e. The first-order valence-corrected chi connectivity index (χ1v) is 3.66. The summed E-state index contributed by atoms with van der Waals surface area (Å²) in [5.74, 6) is 0.997. The molecule has 1 aromatic carbocycles. The van der Waals surface area contributed by atoms with Gasteiger partial charge in [0.05, 0.1) is 12.6 Å². The quantitative estimate of drug-likeness (QED) is 0.674. The van der Waals surface area contributed by atoms with Gasteiger partial charge in [-0.25, -0.2) is 0 Å². The molecule has 0 saturated carbocycles. The highest BCUT2D eigenvalue weighted by Crippen LogP contribution is 2.30. The van der Waals surface area contributed by atoms with E-state index in [1.807, 2.05) is 18.2 Å². The van der Waals surface area contributed by atoms with Crippen molar-refractivity contribution >= 4 is 10.9 Å². The van der Waals surface area contributed by atoms with Gasteiger partial charge in [0, 0.05) is 11.6 Å². The predicted octanol–water partition coefficient (Wildman–Crippen LogP) is 1.88. The average molecular weight is 163 g/mol. The van der Waals surface area contributed by atoms with Crippen LogP contribution in [-0.4, -0.2) is 17.2 Å². The highest BCUT2D eigenvalue weighted by atomic mass is 16.5. The van der Waals surface area contributed by atoms with Gasteiger partial charge in [-0.3, -0.25) is 0 Å². The van der Waals surface area contributed by atoms with Gasteiger partial charge in [-0.15, -0.1) is 0 Å². The minimum absolute atomic E-state index is 0.254. The molecule has 0 unspecified atom stereocenters. The lowest BCUT2D eigenvalue weighted by Crippen LogP contribution is -1.82. The lowest BCUT2D eigenvalue weighted by Gasteiger charge is -1.99. The van der Waals surface area contributed by atoms with Crippen LogP contribution in [0.25, 0.3) is 10.9 Å². The number of hydrogen-bond donors (Lipinski definition) is 2. The second kappa shape index (κ2) is 2.44. The number of H-pyrrole nitrogens is 1. The molecule has 0 aliphatic heterocycles. The highest BCUT2D eigenvalue weighted by molar-refractivity contribution is 5.90. The normalized spacial score (nSPS) is 10.4. The second-order valence-electron chi connectivity index (χ2n) is 2.56. The van der Waals surface area contributed by atoms with E-state index in [9.17, 15) is 5.11 Å². The molecule has 0 amide bonds. The molecule has 12 heavy (non-hydrogen) atoms. The largest absolute Gasteiger partial charge is 0.506 e. The number of hydrogen-bond acceptors (Lipinski definition) is 2. The second-order valence-corrected chi connectivity index (χ2v) is 2.56. The van der Waals surface area contributed by atoms with Gasteiger partial charge in [0.25, 0.3) is 0 Å². The molecule has 0 bridgehead atoms. The standard InChI is InChI=1S/C9H9NO2/c1-12-8-4-2-3-6-7(11)5-10-9(6)8/h2-5,10-11H,1H3. The lowest BCUT2D eigenvalue weighted by molar-refractivity contribution is 0.419. The number of aromatic amines is 1. The monoisotopic (exact) mass is 163 g/mol. The molecule has 1 aromatic heterocycles. The molecule has 3 nitrogen and oxygen atoms in total. The number of para-hydroxylation sites is 1. The van der Waals surface area contributed by atoms with E-state index in [4.69, 9.17) is 4.74 Å². The number of nitrogens with one attached hydrogen (secondary N) is 1. The van der Waals surface area contributed by atoms with E-state index < -0.39 is 0 Å². The Hall–Kier alpha value is -1.64. The van der Waals surface area contributed by atoms with Crippen molar-refractivity contribution in [2.75, 3.05) is 7.11 Å². The van der Waals surface area contributed by atoms with Crippen molar-refractivity contribution in [3.8, 4) is 11.5 Å². The van der Waals surface area contributed by atoms with Gasteiger partial charge in [-0.1, -0.05) is 6.07 Å². The van der Waals surface area contributed by atoms with Crippen molar-refractivity contribution in [3.05, 3.63) is 24.4 Å². The lowest BCUT2D eigenvalue weighted by atomic mass is 10.2. The molecule has 1 heterocycles. The summed E-state index contributed by atoms with van der Waals surface area (Å²) in [7, 11) is 1.60. The molecule has 0 aliphatic rings. The molecular weight excluding hydrogens is 154 g/mol. The molecule has 0 radical (unpaired) electrons. The van der Waals surface area contributed by atoms with E-state index in [0.29, 0.717) is 0 Å². The Bertz CT molecular complexity index is 406. The zero-order chi connectivity index (χ0) is 8.55. The third-order valence-corrected chi connectivity index (χ3v) is 1.88. The van der Waals surface area contributed by atoms with Gasteiger partial charge in [0.1, 0.15) is 11.5 Å². The van der Waals surface area contributed by atoms with Crippen molar-refractivity contribution in [2.24, 2.45) is 0 Å². The van der Waals surface area contributed by atoms with Crippen LogP contribution < -0.4 is 4.74 Å². The summed E-state index contributed by atoms with van der Waals surface area (Å²) in [6, 6.07) is 5.52. The summed E-state index contributed by atoms with van der Waals surface area (Å²) < 4.78 is 5.10. The van der Waals surface area contributed by atoms with Gasteiger partial charge < -0.3 is 14.8 Å². The van der Waals surface area contributed by atoms with Crippen molar-refractivity contribution in [1.29, 1.82) is 0 Å². The zero-order valence-electron chi connectivity index (χ0n) is 6.66. The van der Waals surface area contributed by atoms with Crippen LogP contribution >= 0.6 is 0 Å². The van der Waals surface area contributed by atoms with Gasteiger partial charge in [0.15, 0.2) is 0 Å². The summed E-state index contributed by atoms with van der Waals surface area (Å²) in [6.07, 6.45) is 1.55. The Balaban J connectivity index is 2.81. The van der Waals surface area contributed by atoms with Crippen LogP contribution in [-0.2, 0) is 0 Å². The third kappa shape index (κ3) is 0.830. The Kier molecular flexibility index (Phi) is 1.43. The minimum Gasteiger partial charge on any atom is -0.506 e. The number of ether oxygens (including phenoxy) is 1. The topological polar surface area (TPSA) is 45.2 Å². The summed E-state index contributed by atoms with van der Waals surface area (Å²) >= 11 is 0. The molecule has 0 fully saturated rings. The predicted molar refractivity (Wildman–Crippen MR) is 46.5 cm³/mol. The molecule has 2 N–H and O–H groups in total. The van der Waals surface area contributed by atoms with Crippen LogP contribution in [0.5, 0.6) is 11.5 Å². The minimum atomic E-state index is 0.254. The maximum Gasteiger partial charge on any atom is 0.143 e. The molecular formula is C9H9NO2. The van der Waals surface area contributed by atoms with Gasteiger partial charge in [-0.2, -0.15) is 0 Å². The maximum atomic E-state index is 9.34. The van der Waals surface area contributed by atoms with E-state index >= 15 is 0 Å². The summed E-state index contributed by atoms with van der Waals surface area (Å²) in [6.45, 7) is 0. The summed E-state index contributed by atoms with van der Waals surface area (Å²) in [5, 5.41) is 10.1. The first-order valence-electron chi connectivity index (χ1n) is 3.66. The fourth-order valence-corrected chi connectivity index (χ4v) is 1.28. The Morgan fingerprint density at radius 3 is 3.00 bits per heavy atom. The molecule has 0 spiro atoms. The molecule has 2 rings (SSSR count). The number of aromatic hydroxyl groups is 1. The first kappa shape index (κ1) is 7.03. The zero-order valence-corrected chi connectivity index (χ0v) is 6.66. The number of fused-ring (bicyclic) bond motifs is 1. The fourth-order valence-electron chi connectivity index (χ4n) is 1.28. The Morgan fingerprint density at radius 2 is 2.25 bits per heavy atom. The number of methoxy groups -OCH3 is 1. The molecule has 0 aliphatic carbocycles. The van der Waals surface area contributed by atoms with Crippen molar-refractivity contribution < 1.29 is 9.84 Å². The molecule has 0 saturated heterocycles. The first-order chi connectivity index (χ1) is 5.83. The third-order valence-electron chi connectivity index (χ3n) is 1.88. The van der Waals surface area contributed by atoms with Crippen LogP contribution in [0.3, 0.4) is 0 Å². The molecule has 62 valence electrons. The van der Waals surface area contributed by atoms with E-state index in [0.717, 1.165) is 16.7 Å². The molecule has 0 atom stereocenters. The number of aromatic nitrogens is 1. The van der Waals surface area contributed by atoms with Crippen molar-refractivity contribution in [3.63, 3.8) is 0 Å². The Morgan fingerprint density at radius 1 is 1.42 bits per heavy atom. The van der Waals surface area contributed by atoms with E-state index in [1.165, 1.54) is 0 Å². The Labute approximate surface area is 69.6 Å². The number of rotatable bonds is 1. The van der Waals surface area contributed by atoms with Crippen LogP contribution in [0.1, 0.15) is 0 Å². The number of benzene rings is 1. The van der Waals surface area contributed by atoms with Crippen LogP contribution in [0.2, 0.25) is 0 Å².